The van der Waals surface area contributed by atoms with Crippen LogP contribution in [-0.2, 0) is 5.41 Å². The molecule has 0 bridgehead atoms. The van der Waals surface area contributed by atoms with E-state index in [4.69, 9.17) is 0 Å². The monoisotopic (exact) mass is 386 g/mol. The largest absolute Gasteiger partial charge is 0.112 e. The third-order valence-corrected chi connectivity index (χ3v) is 5.48. The predicted octanol–water partition coefficient (Wildman–Crippen LogP) is 6.77. The van der Waals surface area contributed by atoms with Crippen LogP contribution < -0.4 is 0 Å². The van der Waals surface area contributed by atoms with E-state index in [2.05, 4.69) is 114 Å². The lowest BCUT2D eigenvalue weighted by Crippen LogP contribution is -1.99. The summed E-state index contributed by atoms with van der Waals surface area (Å²) in [6.45, 7) is 2.31. The van der Waals surface area contributed by atoms with E-state index in [0.29, 0.717) is 0 Å². The second kappa shape index (κ2) is 6.52. The van der Waals surface area contributed by atoms with Crippen molar-refractivity contribution in [3.63, 3.8) is 0 Å². The second-order valence-corrected chi connectivity index (χ2v) is 7.64. The fourth-order valence-corrected chi connectivity index (χ4v) is 3.52. The summed E-state index contributed by atoms with van der Waals surface area (Å²) in [4.78, 5) is 0. The van der Waals surface area contributed by atoms with Crippen molar-refractivity contribution in [3.05, 3.63) is 117 Å². The van der Waals surface area contributed by atoms with E-state index in [-0.39, 0.29) is 5.41 Å². The minimum atomic E-state index is 0.107. The van der Waals surface area contributed by atoms with Crippen molar-refractivity contribution < 1.29 is 0 Å². The lowest BCUT2D eigenvalue weighted by Gasteiger charge is -2.08. The Kier molecular flexibility index (Phi) is 4.21. The van der Waals surface area contributed by atoms with Crippen molar-refractivity contribution in [2.45, 2.75) is 18.8 Å². The summed E-state index contributed by atoms with van der Waals surface area (Å²) >= 11 is 3.52. The van der Waals surface area contributed by atoms with Gasteiger partial charge in [0.1, 0.15) is 0 Å². The highest BCUT2D eigenvalue weighted by Gasteiger charge is 2.45. The molecule has 4 rings (SSSR count). The zero-order valence-corrected chi connectivity index (χ0v) is 15.8. The van der Waals surface area contributed by atoms with Crippen LogP contribution in [0.3, 0.4) is 0 Å². The van der Waals surface area contributed by atoms with Gasteiger partial charge in [-0.3, -0.25) is 0 Å². The first-order chi connectivity index (χ1) is 12.2. The molecule has 0 spiro atoms. The molecule has 3 aromatic carbocycles. The summed E-state index contributed by atoms with van der Waals surface area (Å²) in [5, 5.41) is 0. The molecular weight excluding hydrogens is 368 g/mol. The fourth-order valence-electron chi connectivity index (χ4n) is 3.26. The lowest BCUT2D eigenvalue weighted by atomic mass is 9.95. The van der Waals surface area contributed by atoms with Gasteiger partial charge in [-0.2, -0.15) is 0 Å². The van der Waals surface area contributed by atoms with Crippen LogP contribution in [0.5, 0.6) is 0 Å². The molecule has 0 radical (unpaired) electrons. The highest BCUT2D eigenvalue weighted by atomic mass is 79.9. The molecule has 122 valence electrons. The molecule has 3 aromatic rings. The molecule has 1 aliphatic carbocycles. The number of hydrogen-bond donors (Lipinski definition) is 0. The molecule has 1 fully saturated rings. The van der Waals surface area contributed by atoms with Crippen molar-refractivity contribution >= 4 is 21.5 Å². The summed E-state index contributed by atoms with van der Waals surface area (Å²) in [7, 11) is 0. The summed E-state index contributed by atoms with van der Waals surface area (Å²) in [6, 6.07) is 29.8. The molecule has 0 aliphatic heterocycles. The van der Waals surface area contributed by atoms with Crippen LogP contribution >= 0.6 is 15.9 Å². The topological polar surface area (TPSA) is 0 Å². The predicted molar refractivity (Wildman–Crippen MR) is 109 cm³/mol. The Labute approximate surface area is 157 Å². The van der Waals surface area contributed by atoms with Gasteiger partial charge in [-0.25, -0.2) is 0 Å². The third kappa shape index (κ3) is 3.26. The molecule has 1 atom stereocenters. The summed E-state index contributed by atoms with van der Waals surface area (Å²) < 4.78 is 1.12. The van der Waals surface area contributed by atoms with Gasteiger partial charge in [0.25, 0.3) is 0 Å². The Morgan fingerprint density at radius 3 is 1.84 bits per heavy atom. The summed E-state index contributed by atoms with van der Waals surface area (Å²) in [5.74, 6) is 0. The molecule has 1 saturated carbocycles. The number of hydrogen-bond acceptors (Lipinski definition) is 0. The highest BCUT2D eigenvalue weighted by molar-refractivity contribution is 9.10. The van der Waals surface area contributed by atoms with Crippen LogP contribution in [0.15, 0.2) is 101 Å². The third-order valence-electron chi connectivity index (χ3n) is 4.95. The van der Waals surface area contributed by atoms with Crippen molar-refractivity contribution in [3.8, 4) is 0 Å². The van der Waals surface area contributed by atoms with Crippen LogP contribution in [0, 0.1) is 0 Å². The van der Waals surface area contributed by atoms with Gasteiger partial charge >= 0.3 is 0 Å². The Balaban J connectivity index is 1.83. The lowest BCUT2D eigenvalue weighted by molar-refractivity contribution is 0.821. The quantitative estimate of drug-likeness (QED) is 0.435. The average Bonchev–Trinajstić information content (AvgIpc) is 3.32. The molecule has 25 heavy (non-hydrogen) atoms. The molecular formula is C24H19Br. The van der Waals surface area contributed by atoms with Crippen LogP contribution in [0.25, 0.3) is 5.57 Å². The highest BCUT2D eigenvalue weighted by Crippen LogP contribution is 2.53. The van der Waals surface area contributed by atoms with E-state index in [1.165, 1.54) is 27.8 Å². The van der Waals surface area contributed by atoms with Crippen LogP contribution in [0.2, 0.25) is 0 Å². The SMILES string of the molecule is CC1(c2ccc(Br)cc2)CC1=C=C(c1ccccc1)c1ccccc1. The maximum Gasteiger partial charge on any atom is 0.0309 e. The standard InChI is InChI=1S/C24H19Br/c1-24(20-12-14-22(25)15-13-20)17-21(24)16-23(18-8-4-2-5-9-18)19-10-6-3-7-11-19/h2-15H,17H2,1H3. The molecule has 0 N–H and O–H groups in total. The Morgan fingerprint density at radius 2 is 1.32 bits per heavy atom. The summed E-state index contributed by atoms with van der Waals surface area (Å²) in [6.07, 6.45) is 1.07. The van der Waals surface area contributed by atoms with Crippen LogP contribution in [0.1, 0.15) is 30.0 Å². The molecule has 0 nitrogen and oxygen atoms in total. The molecule has 0 aromatic heterocycles. The van der Waals surface area contributed by atoms with Gasteiger partial charge in [-0.05, 0) is 40.8 Å². The van der Waals surface area contributed by atoms with Gasteiger partial charge < -0.3 is 0 Å². The van der Waals surface area contributed by atoms with Crippen molar-refractivity contribution in [1.82, 2.24) is 0 Å². The minimum absolute atomic E-state index is 0.107. The number of allylic oxidation sites excluding steroid dienone is 1. The zero-order chi connectivity index (χ0) is 17.3. The fraction of sp³-hybridized carbons (Fsp3) is 0.125. The second-order valence-electron chi connectivity index (χ2n) is 6.73. The van der Waals surface area contributed by atoms with Gasteiger partial charge in [0.05, 0.1) is 0 Å². The van der Waals surface area contributed by atoms with E-state index in [9.17, 15) is 0 Å². The normalized spacial score (nSPS) is 18.6. The van der Waals surface area contributed by atoms with Gasteiger partial charge in [-0.15, -0.1) is 5.73 Å². The smallest absolute Gasteiger partial charge is 0.0309 e. The van der Waals surface area contributed by atoms with Crippen molar-refractivity contribution in [1.29, 1.82) is 0 Å². The van der Waals surface area contributed by atoms with Crippen molar-refractivity contribution in [2.75, 3.05) is 0 Å². The van der Waals surface area contributed by atoms with Gasteiger partial charge in [0, 0.05) is 15.5 Å². The van der Waals surface area contributed by atoms with Crippen LogP contribution in [0.4, 0.5) is 0 Å². The Bertz CT molecular complexity index is 904. The first kappa shape index (κ1) is 16.1. The van der Waals surface area contributed by atoms with E-state index in [0.717, 1.165) is 10.9 Å². The number of rotatable bonds is 3. The maximum absolute atomic E-state index is 3.75. The molecule has 1 unspecified atom stereocenters. The van der Waals surface area contributed by atoms with E-state index < -0.39 is 0 Å². The summed E-state index contributed by atoms with van der Waals surface area (Å²) in [5.41, 5.74) is 10.2. The average molecular weight is 387 g/mol. The molecule has 1 heteroatoms. The minimum Gasteiger partial charge on any atom is -0.112 e. The van der Waals surface area contributed by atoms with Gasteiger partial charge in [0.15, 0.2) is 0 Å². The zero-order valence-electron chi connectivity index (χ0n) is 14.2. The maximum atomic E-state index is 3.75. The Hall–Kier alpha value is -2.34. The van der Waals surface area contributed by atoms with Crippen molar-refractivity contribution in [2.24, 2.45) is 0 Å². The number of benzene rings is 3. The molecule has 0 amide bonds. The van der Waals surface area contributed by atoms with Gasteiger partial charge in [0.2, 0.25) is 0 Å². The Morgan fingerprint density at radius 1 is 0.800 bits per heavy atom. The number of halogens is 1. The van der Waals surface area contributed by atoms with Crippen LogP contribution in [-0.4, -0.2) is 0 Å². The first-order valence-corrected chi connectivity index (χ1v) is 9.33. The van der Waals surface area contributed by atoms with Gasteiger partial charge in [-0.1, -0.05) is 95.7 Å². The van der Waals surface area contributed by atoms with E-state index in [1.54, 1.807) is 0 Å². The molecule has 0 heterocycles. The van der Waals surface area contributed by atoms with E-state index in [1.807, 2.05) is 0 Å². The van der Waals surface area contributed by atoms with E-state index >= 15 is 0 Å². The molecule has 1 aliphatic rings. The molecule has 0 saturated heterocycles. The first-order valence-electron chi connectivity index (χ1n) is 8.54.